The van der Waals surface area contributed by atoms with E-state index in [1.165, 1.54) is 322 Å². The number of unbranched alkanes of at least 4 members (excludes halogenated alkanes) is 39. The van der Waals surface area contributed by atoms with Crippen molar-refractivity contribution >= 4 is 23.9 Å². The summed E-state index contributed by atoms with van der Waals surface area (Å²) in [6.07, 6.45) is 79.1. The van der Waals surface area contributed by atoms with E-state index < -0.39 is 0 Å². The van der Waals surface area contributed by atoms with E-state index in [1.807, 2.05) is 0 Å². The Morgan fingerprint density at radius 1 is 0.286 bits per heavy atom. The Bertz CT molecular complexity index is 1990. The number of hydrogen-bond donors (Lipinski definition) is 0. The summed E-state index contributed by atoms with van der Waals surface area (Å²) in [5.41, 5.74) is 0. The zero-order chi connectivity index (χ0) is 81.5. The summed E-state index contributed by atoms with van der Waals surface area (Å²) in [6, 6.07) is 0. The lowest BCUT2D eigenvalue weighted by Crippen LogP contribution is -2.35. The van der Waals surface area contributed by atoms with Gasteiger partial charge in [0, 0.05) is 51.9 Å². The van der Waals surface area contributed by atoms with E-state index in [0.717, 1.165) is 155 Å². The molecule has 0 spiro atoms. The number of carbonyl (C=O) groups excluding carboxylic acids is 4. The van der Waals surface area contributed by atoms with Crippen LogP contribution in [0.5, 0.6) is 0 Å². The largest absolute Gasteiger partial charge is 0.465 e. The normalized spacial score (nSPS) is 14.1. The molecule has 12 nitrogen and oxygen atoms in total. The third-order valence-corrected chi connectivity index (χ3v) is 25.2. The second-order valence-corrected chi connectivity index (χ2v) is 36.2. The van der Waals surface area contributed by atoms with E-state index in [1.54, 1.807) is 0 Å². The molecule has 0 amide bonds. The van der Waals surface area contributed by atoms with Crippen LogP contribution in [0.2, 0.25) is 0 Å². The van der Waals surface area contributed by atoms with Crippen LogP contribution in [0.25, 0.3) is 0 Å². The van der Waals surface area contributed by atoms with Gasteiger partial charge in [-0.05, 0) is 212 Å². The van der Waals surface area contributed by atoms with Crippen LogP contribution in [0.4, 0.5) is 0 Å². The molecule has 0 bridgehead atoms. The highest BCUT2D eigenvalue weighted by atomic mass is 16.6. The second-order valence-electron chi connectivity index (χ2n) is 36.2. The molecule has 1 fully saturated rings. The highest BCUT2D eigenvalue weighted by Gasteiger charge is 2.27. The summed E-state index contributed by atoms with van der Waals surface area (Å²) in [4.78, 5) is 63.3. The van der Waals surface area contributed by atoms with Crippen LogP contribution in [0.15, 0.2) is 0 Å². The number of rotatable bonds is 89. The van der Waals surface area contributed by atoms with Crippen molar-refractivity contribution in [1.82, 2.24) is 19.6 Å². The summed E-state index contributed by atoms with van der Waals surface area (Å²) < 4.78 is 24.7. The van der Waals surface area contributed by atoms with Gasteiger partial charge < -0.3 is 38.5 Å². The molecule has 1 aliphatic rings. The van der Waals surface area contributed by atoms with Gasteiger partial charge in [0.05, 0.1) is 13.2 Å². The zero-order valence-electron chi connectivity index (χ0n) is 77.1. The fraction of sp³-hybridized carbons (Fsp3) is 0.960. The molecule has 0 aromatic heterocycles. The smallest absolute Gasteiger partial charge is 0.306 e. The minimum Gasteiger partial charge on any atom is -0.465 e. The molecular weight excluding hydrogens is 1390 g/mol. The van der Waals surface area contributed by atoms with Gasteiger partial charge in [-0.15, -0.1) is 0 Å². The molecule has 1 aliphatic heterocycles. The molecule has 12 heteroatoms. The quantitative estimate of drug-likeness (QED) is 0.0328. The number of likely N-dealkylation sites (tertiary alicyclic amines) is 1. The van der Waals surface area contributed by atoms with Gasteiger partial charge in [0.1, 0.15) is 12.2 Å². The van der Waals surface area contributed by atoms with Crippen LogP contribution in [0.1, 0.15) is 492 Å². The van der Waals surface area contributed by atoms with Crippen molar-refractivity contribution in [2.75, 3.05) is 92.8 Å². The fourth-order valence-electron chi connectivity index (χ4n) is 17.5. The van der Waals surface area contributed by atoms with Crippen LogP contribution in [-0.2, 0) is 38.1 Å². The van der Waals surface area contributed by atoms with Gasteiger partial charge in [-0.2, -0.15) is 0 Å². The first kappa shape index (κ1) is 108. The summed E-state index contributed by atoms with van der Waals surface area (Å²) in [6.45, 7) is 31.0. The van der Waals surface area contributed by atoms with Crippen LogP contribution in [0.3, 0.4) is 0 Å². The lowest BCUT2D eigenvalue weighted by Gasteiger charge is -2.31. The highest BCUT2D eigenvalue weighted by Crippen LogP contribution is 2.34. The summed E-state index contributed by atoms with van der Waals surface area (Å²) in [5.74, 6) is 2.14. The molecule has 664 valence electrons. The Labute approximate surface area is 698 Å². The van der Waals surface area contributed by atoms with Crippen molar-refractivity contribution in [3.8, 4) is 0 Å². The number of ether oxygens (including phenoxy) is 4. The van der Waals surface area contributed by atoms with E-state index in [9.17, 15) is 19.2 Å². The number of nitrogens with zero attached hydrogens (tertiary/aromatic N) is 4. The minimum atomic E-state index is -0.0127. The van der Waals surface area contributed by atoms with Gasteiger partial charge >= 0.3 is 23.9 Å². The molecule has 0 aliphatic carbocycles. The van der Waals surface area contributed by atoms with Crippen LogP contribution in [-0.4, -0.2) is 148 Å². The number of likely N-dealkylation sites (N-methyl/N-ethyl adjacent to an activating group) is 1. The maximum atomic E-state index is 13.7. The lowest BCUT2D eigenvalue weighted by atomic mass is 9.78. The van der Waals surface area contributed by atoms with Gasteiger partial charge in [-0.25, -0.2) is 0 Å². The molecule has 0 aromatic rings. The number of esters is 4. The minimum absolute atomic E-state index is 0.00188. The van der Waals surface area contributed by atoms with Gasteiger partial charge in [-0.1, -0.05) is 331 Å². The molecule has 0 saturated carbocycles. The van der Waals surface area contributed by atoms with Gasteiger partial charge in [0.15, 0.2) is 0 Å². The average Bonchev–Trinajstić information content (AvgIpc) is 1.14. The topological polar surface area (TPSA) is 118 Å². The van der Waals surface area contributed by atoms with E-state index in [-0.39, 0.29) is 36.1 Å². The molecule has 1 heterocycles. The van der Waals surface area contributed by atoms with Crippen molar-refractivity contribution in [1.29, 1.82) is 0 Å². The van der Waals surface area contributed by atoms with E-state index in [0.29, 0.717) is 62.6 Å². The predicted molar refractivity (Wildman–Crippen MR) is 483 cm³/mol. The van der Waals surface area contributed by atoms with Gasteiger partial charge in [-0.3, -0.25) is 19.2 Å². The van der Waals surface area contributed by atoms with Crippen LogP contribution in [0, 0.1) is 23.7 Å². The SMILES string of the molecule is CCCCCCCCC(CCCCCC)COC(=O)CCCCCN(CCCCCC(=O)OCC(CCCCCCCC)CCCC(CC)C(CCCC)CC(CCCCCC)OC(=O)CCCCCCCCCN(CCCCCCCCCC(=O)OC(CCCCCC)CCCCCC)CCN(C)C)CCN1CCCC1. The lowest BCUT2D eigenvalue weighted by molar-refractivity contribution is -0.151. The summed E-state index contributed by atoms with van der Waals surface area (Å²) >= 11 is 0. The monoisotopic (exact) mass is 1580 g/mol. The first-order valence-electron chi connectivity index (χ1n) is 50.4. The Hall–Kier alpha value is -2.28. The molecule has 1 saturated heterocycles. The van der Waals surface area contributed by atoms with Crippen molar-refractivity contribution in [3.63, 3.8) is 0 Å². The molecule has 5 atom stereocenters. The van der Waals surface area contributed by atoms with Crippen molar-refractivity contribution in [2.45, 2.75) is 504 Å². The standard InChI is InChI=1S/C100H196N4O8/c1-11-19-26-32-40-49-66-91(65-48-28-21-13-3)89-109-97(105)74-56-46-60-80-103(86-87-104-82-62-63-83-104)81-61-47-57-75-98(106)110-90-92(67-50-41-33-27-20-12-2)68-64-70-93(18-8)94(69-25-17-7)88-96(73-53-31-24-16-6)112-100(108)77-55-43-37-35-39-45-59-79-102(85-84-101(9)10)78-58-44-38-34-36-42-54-76-99(107)111-95(71-51-29-22-14-4)72-52-30-23-15-5/h91-96H,11-90H2,1-10H3. The average molecular weight is 1580 g/mol. The third kappa shape index (κ3) is 69.6. The first-order valence-corrected chi connectivity index (χ1v) is 50.4. The first-order chi connectivity index (χ1) is 54.8. The maximum absolute atomic E-state index is 13.7. The van der Waals surface area contributed by atoms with E-state index in [2.05, 4.69) is 89.1 Å². The molecular formula is C100H196N4O8. The fourth-order valence-corrected chi connectivity index (χ4v) is 17.5. The predicted octanol–water partition coefficient (Wildman–Crippen LogP) is 28.5. The Balaban J connectivity index is 2.68. The summed E-state index contributed by atoms with van der Waals surface area (Å²) in [5, 5.41) is 0. The van der Waals surface area contributed by atoms with Gasteiger partial charge in [0.25, 0.3) is 0 Å². The molecule has 0 N–H and O–H groups in total. The van der Waals surface area contributed by atoms with Crippen molar-refractivity contribution in [3.05, 3.63) is 0 Å². The third-order valence-electron chi connectivity index (χ3n) is 25.2. The van der Waals surface area contributed by atoms with Gasteiger partial charge in [0.2, 0.25) is 0 Å². The Kier molecular flexibility index (Phi) is 79.3. The van der Waals surface area contributed by atoms with E-state index >= 15 is 0 Å². The Morgan fingerprint density at radius 3 is 0.982 bits per heavy atom. The van der Waals surface area contributed by atoms with E-state index in [4.69, 9.17) is 18.9 Å². The molecule has 0 aromatic carbocycles. The maximum Gasteiger partial charge on any atom is 0.306 e. The van der Waals surface area contributed by atoms with Crippen LogP contribution >= 0.6 is 0 Å². The van der Waals surface area contributed by atoms with Crippen molar-refractivity contribution < 1.29 is 38.1 Å². The number of carbonyl (C=O) groups is 4. The summed E-state index contributed by atoms with van der Waals surface area (Å²) in [7, 11) is 4.39. The Morgan fingerprint density at radius 2 is 0.589 bits per heavy atom. The zero-order valence-corrected chi connectivity index (χ0v) is 77.1. The molecule has 5 unspecified atom stereocenters. The molecule has 0 radical (unpaired) electrons. The molecule has 112 heavy (non-hydrogen) atoms. The van der Waals surface area contributed by atoms with Crippen molar-refractivity contribution in [2.24, 2.45) is 23.7 Å². The highest BCUT2D eigenvalue weighted by molar-refractivity contribution is 5.70. The number of hydrogen-bond acceptors (Lipinski definition) is 12. The second kappa shape index (κ2) is 82.4. The molecule has 1 rings (SSSR count). The van der Waals surface area contributed by atoms with Crippen LogP contribution < -0.4 is 0 Å².